The Morgan fingerprint density at radius 1 is 1.47 bits per heavy atom. The van der Waals surface area contributed by atoms with Crippen molar-refractivity contribution in [3.05, 3.63) is 39.9 Å². The van der Waals surface area contributed by atoms with Gasteiger partial charge in [-0.25, -0.2) is 0 Å². The summed E-state index contributed by atoms with van der Waals surface area (Å²) in [5.41, 5.74) is 6.87. The molecule has 92 valence electrons. The molecule has 1 aromatic carbocycles. The smallest absolute Gasteiger partial charge is 0.273 e. The number of likely N-dealkylation sites (tertiary alicyclic amines) is 1. The van der Waals surface area contributed by atoms with Crippen molar-refractivity contribution in [1.29, 1.82) is 0 Å². The zero-order valence-corrected chi connectivity index (χ0v) is 9.71. The van der Waals surface area contributed by atoms with Crippen LogP contribution in [0.3, 0.4) is 0 Å². The minimum Gasteiger partial charge on any atom is -0.327 e. The number of nitrogens with two attached hydrogens (primary N) is 1. The Hall–Kier alpha value is -1.46. The normalized spacial score (nSPS) is 21.4. The molecular weight excluding hydrogens is 218 g/mol. The molecule has 0 radical (unpaired) electrons. The van der Waals surface area contributed by atoms with Crippen LogP contribution in [-0.4, -0.2) is 29.0 Å². The third kappa shape index (κ3) is 3.01. The molecule has 1 saturated heterocycles. The number of nitrogens with zero attached hydrogens (tertiary/aromatic N) is 2. The van der Waals surface area contributed by atoms with Gasteiger partial charge in [-0.15, -0.1) is 0 Å². The Bertz CT molecular complexity index is 408. The predicted octanol–water partition coefficient (Wildman–Crippen LogP) is 1.52. The summed E-state index contributed by atoms with van der Waals surface area (Å²) in [7, 11) is 0. The minimum absolute atomic E-state index is 0.200. The van der Waals surface area contributed by atoms with E-state index in [1.54, 1.807) is 12.1 Å². The van der Waals surface area contributed by atoms with Crippen molar-refractivity contribution in [3.63, 3.8) is 0 Å². The molecule has 2 rings (SSSR count). The third-order valence-electron chi connectivity index (χ3n) is 3.12. The van der Waals surface area contributed by atoms with Crippen LogP contribution < -0.4 is 5.73 Å². The maximum atomic E-state index is 10.9. The first-order chi connectivity index (χ1) is 8.16. The molecule has 0 aromatic heterocycles. The van der Waals surface area contributed by atoms with Crippen molar-refractivity contribution >= 4 is 5.69 Å². The number of rotatable bonds is 3. The summed E-state index contributed by atoms with van der Waals surface area (Å²) in [5, 5.41) is 10.9. The van der Waals surface area contributed by atoms with Crippen molar-refractivity contribution in [1.82, 2.24) is 4.90 Å². The highest BCUT2D eigenvalue weighted by molar-refractivity contribution is 5.39. The molecule has 0 aliphatic carbocycles. The molecule has 1 fully saturated rings. The highest BCUT2D eigenvalue weighted by Crippen LogP contribution is 2.21. The number of piperidine rings is 1. The highest BCUT2D eigenvalue weighted by atomic mass is 16.6. The topological polar surface area (TPSA) is 72.4 Å². The summed E-state index contributed by atoms with van der Waals surface area (Å²) >= 11 is 0. The minimum atomic E-state index is -0.320. The molecule has 1 heterocycles. The van der Waals surface area contributed by atoms with Gasteiger partial charge in [0.05, 0.1) is 4.92 Å². The van der Waals surface area contributed by atoms with Crippen LogP contribution in [0.5, 0.6) is 0 Å². The van der Waals surface area contributed by atoms with Crippen LogP contribution in [0.15, 0.2) is 24.3 Å². The van der Waals surface area contributed by atoms with Crippen molar-refractivity contribution in [2.75, 3.05) is 13.1 Å². The van der Waals surface area contributed by atoms with Crippen LogP contribution in [0.2, 0.25) is 0 Å². The lowest BCUT2D eigenvalue weighted by atomic mass is 10.1. The molecule has 5 heteroatoms. The summed E-state index contributed by atoms with van der Waals surface area (Å²) < 4.78 is 0. The van der Waals surface area contributed by atoms with E-state index in [1.165, 1.54) is 0 Å². The number of nitro groups is 1. The van der Waals surface area contributed by atoms with Crippen LogP contribution in [0.1, 0.15) is 18.4 Å². The molecule has 5 nitrogen and oxygen atoms in total. The Balaban J connectivity index is 2.10. The van der Waals surface area contributed by atoms with Crippen molar-refractivity contribution < 1.29 is 4.92 Å². The number of nitro benzene ring substituents is 1. The standard InChI is InChI=1S/C12H17N3O2/c13-11-5-3-7-14(9-11)8-10-4-1-2-6-12(10)15(16)17/h1-2,4,6,11H,3,5,7-9,13H2. The zero-order chi connectivity index (χ0) is 12.3. The number of para-hydroxylation sites is 1. The molecule has 1 unspecified atom stereocenters. The van der Waals surface area contributed by atoms with Crippen LogP contribution >= 0.6 is 0 Å². The van der Waals surface area contributed by atoms with Gasteiger partial charge < -0.3 is 5.73 Å². The summed E-state index contributed by atoms with van der Waals surface area (Å²) in [6.07, 6.45) is 2.12. The first-order valence-corrected chi connectivity index (χ1v) is 5.87. The van der Waals surface area contributed by atoms with Crippen molar-refractivity contribution in [2.45, 2.75) is 25.4 Å². The van der Waals surface area contributed by atoms with Crippen LogP contribution in [0.4, 0.5) is 5.69 Å². The molecular formula is C12H17N3O2. The van der Waals surface area contributed by atoms with Crippen LogP contribution in [-0.2, 0) is 6.54 Å². The fourth-order valence-corrected chi connectivity index (χ4v) is 2.30. The SMILES string of the molecule is NC1CCCN(Cc2ccccc2[N+](=O)[O-])C1. The van der Waals surface area contributed by atoms with Gasteiger partial charge in [-0.05, 0) is 19.4 Å². The number of hydrogen-bond acceptors (Lipinski definition) is 4. The molecule has 0 amide bonds. The van der Waals surface area contributed by atoms with E-state index < -0.39 is 0 Å². The van der Waals surface area contributed by atoms with Gasteiger partial charge in [0.1, 0.15) is 0 Å². The zero-order valence-electron chi connectivity index (χ0n) is 9.71. The van der Waals surface area contributed by atoms with Crippen LogP contribution in [0, 0.1) is 10.1 Å². The molecule has 17 heavy (non-hydrogen) atoms. The van der Waals surface area contributed by atoms with E-state index in [0.29, 0.717) is 6.54 Å². The van der Waals surface area contributed by atoms with Gasteiger partial charge in [0.2, 0.25) is 0 Å². The van der Waals surface area contributed by atoms with Gasteiger partial charge in [-0.1, -0.05) is 18.2 Å². The predicted molar refractivity (Wildman–Crippen MR) is 65.6 cm³/mol. The molecule has 1 aliphatic heterocycles. The summed E-state index contributed by atoms with van der Waals surface area (Å²) in [4.78, 5) is 12.8. The van der Waals surface area contributed by atoms with Crippen molar-refractivity contribution in [2.24, 2.45) is 5.73 Å². The Morgan fingerprint density at radius 3 is 2.94 bits per heavy atom. The number of hydrogen-bond donors (Lipinski definition) is 1. The molecule has 0 bridgehead atoms. The van der Waals surface area contributed by atoms with E-state index in [9.17, 15) is 10.1 Å². The lowest BCUT2D eigenvalue weighted by molar-refractivity contribution is -0.385. The summed E-state index contributed by atoms with van der Waals surface area (Å²) in [5.74, 6) is 0. The van der Waals surface area contributed by atoms with Gasteiger partial charge in [-0.2, -0.15) is 0 Å². The lowest BCUT2D eigenvalue weighted by Crippen LogP contribution is -2.42. The fourth-order valence-electron chi connectivity index (χ4n) is 2.30. The van der Waals surface area contributed by atoms with E-state index >= 15 is 0 Å². The Kier molecular flexibility index (Phi) is 3.71. The quantitative estimate of drug-likeness (QED) is 0.636. The third-order valence-corrected chi connectivity index (χ3v) is 3.12. The molecule has 2 N–H and O–H groups in total. The van der Waals surface area contributed by atoms with Gasteiger partial charge in [0.25, 0.3) is 5.69 Å². The van der Waals surface area contributed by atoms with Gasteiger partial charge in [0.15, 0.2) is 0 Å². The lowest BCUT2D eigenvalue weighted by Gasteiger charge is -2.30. The average molecular weight is 235 g/mol. The average Bonchev–Trinajstić information content (AvgIpc) is 2.29. The molecule has 0 saturated carbocycles. The molecule has 1 aromatic rings. The van der Waals surface area contributed by atoms with E-state index in [2.05, 4.69) is 4.90 Å². The largest absolute Gasteiger partial charge is 0.327 e. The molecule has 1 atom stereocenters. The molecule has 0 spiro atoms. The Labute approximate surface area is 100 Å². The van der Waals surface area contributed by atoms with Gasteiger partial charge >= 0.3 is 0 Å². The second-order valence-electron chi connectivity index (χ2n) is 4.52. The van der Waals surface area contributed by atoms with E-state index in [-0.39, 0.29) is 16.7 Å². The first kappa shape index (κ1) is 12.0. The number of benzene rings is 1. The van der Waals surface area contributed by atoms with Gasteiger partial charge in [0, 0.05) is 30.8 Å². The van der Waals surface area contributed by atoms with Crippen molar-refractivity contribution in [3.8, 4) is 0 Å². The summed E-state index contributed by atoms with van der Waals surface area (Å²) in [6, 6.07) is 7.11. The second kappa shape index (κ2) is 5.25. The monoisotopic (exact) mass is 235 g/mol. The highest BCUT2D eigenvalue weighted by Gasteiger charge is 2.20. The second-order valence-corrected chi connectivity index (χ2v) is 4.52. The maximum absolute atomic E-state index is 10.9. The Morgan fingerprint density at radius 2 is 2.24 bits per heavy atom. The molecule has 1 aliphatic rings. The van der Waals surface area contributed by atoms with Crippen LogP contribution in [0.25, 0.3) is 0 Å². The fraction of sp³-hybridized carbons (Fsp3) is 0.500. The first-order valence-electron chi connectivity index (χ1n) is 5.87. The van der Waals surface area contributed by atoms with E-state index in [0.717, 1.165) is 31.5 Å². The van der Waals surface area contributed by atoms with E-state index in [4.69, 9.17) is 5.73 Å². The van der Waals surface area contributed by atoms with E-state index in [1.807, 2.05) is 12.1 Å². The summed E-state index contributed by atoms with van der Waals surface area (Å²) in [6.45, 7) is 2.41. The maximum Gasteiger partial charge on any atom is 0.273 e. The van der Waals surface area contributed by atoms with Gasteiger partial charge in [-0.3, -0.25) is 15.0 Å².